The predicted molar refractivity (Wildman–Crippen MR) is 177 cm³/mol. The van der Waals surface area contributed by atoms with Crippen molar-refractivity contribution in [2.45, 2.75) is 31.0 Å². The van der Waals surface area contributed by atoms with Crippen LogP contribution in [-0.2, 0) is 22.5 Å². The molecule has 44 heavy (non-hydrogen) atoms. The molecular formula is C33H29BrCl3N3O4. The van der Waals surface area contributed by atoms with E-state index in [9.17, 15) is 4.79 Å². The van der Waals surface area contributed by atoms with Crippen LogP contribution in [0.2, 0.25) is 15.1 Å². The van der Waals surface area contributed by atoms with Gasteiger partial charge in [-0.2, -0.15) is 0 Å². The summed E-state index contributed by atoms with van der Waals surface area (Å²) in [5.41, 5.74) is 7.43. The first kappa shape index (κ1) is 32.3. The van der Waals surface area contributed by atoms with Gasteiger partial charge in [0.15, 0.2) is 11.6 Å². The third-order valence-electron chi connectivity index (χ3n) is 7.05. The molecule has 0 fully saturated rings. The number of benzene rings is 4. The summed E-state index contributed by atoms with van der Waals surface area (Å²) in [5.74, 6) is 0.518. The number of aliphatic hydroxyl groups excluding tert-OH is 1. The minimum absolute atomic E-state index is 0.0494. The Balaban J connectivity index is 1.53. The summed E-state index contributed by atoms with van der Waals surface area (Å²) in [6.07, 6.45) is -0.153. The SMILES string of the molecule is O=C(NNCc1cccc(Cl)c1)[C@@]1(Cc2ccc(Br)cc2)N=C(c2ccc(OCCCO)cc2)O[C@H]1c1ccc(Cl)cc1Cl. The average molecular weight is 718 g/mol. The van der Waals surface area contributed by atoms with Gasteiger partial charge in [0.05, 0.1) is 6.61 Å². The summed E-state index contributed by atoms with van der Waals surface area (Å²) in [4.78, 5) is 19.3. The Morgan fingerprint density at radius 1 is 0.955 bits per heavy atom. The van der Waals surface area contributed by atoms with E-state index in [-0.39, 0.29) is 18.9 Å². The van der Waals surface area contributed by atoms with E-state index in [1.54, 1.807) is 36.4 Å². The summed E-state index contributed by atoms with van der Waals surface area (Å²) in [5, 5.41) is 10.5. The maximum Gasteiger partial charge on any atom is 0.266 e. The van der Waals surface area contributed by atoms with Gasteiger partial charge in [0, 0.05) is 56.7 Å². The molecule has 0 saturated heterocycles. The predicted octanol–water partition coefficient (Wildman–Crippen LogP) is 7.49. The number of aliphatic imine (C=N–C) groups is 1. The number of ether oxygens (including phenoxy) is 2. The quantitative estimate of drug-likeness (QED) is 0.104. The maximum absolute atomic E-state index is 14.3. The van der Waals surface area contributed by atoms with Crippen molar-refractivity contribution >= 4 is 62.5 Å². The van der Waals surface area contributed by atoms with E-state index in [1.165, 1.54) is 0 Å². The number of nitrogens with one attached hydrogen (secondary N) is 2. The first-order valence-corrected chi connectivity index (χ1v) is 15.8. The number of hydrogen-bond donors (Lipinski definition) is 3. The summed E-state index contributed by atoms with van der Waals surface area (Å²) in [7, 11) is 0. The van der Waals surface area contributed by atoms with Crippen molar-refractivity contribution in [3.63, 3.8) is 0 Å². The Morgan fingerprint density at radius 3 is 2.41 bits per heavy atom. The summed E-state index contributed by atoms with van der Waals surface area (Å²) >= 11 is 22.6. The van der Waals surface area contributed by atoms with Crippen molar-refractivity contribution in [1.29, 1.82) is 0 Å². The summed E-state index contributed by atoms with van der Waals surface area (Å²) in [6.45, 7) is 0.777. The van der Waals surface area contributed by atoms with Gasteiger partial charge in [-0.15, -0.1) is 0 Å². The molecule has 1 aliphatic heterocycles. The van der Waals surface area contributed by atoms with Gasteiger partial charge in [0.1, 0.15) is 5.75 Å². The summed E-state index contributed by atoms with van der Waals surface area (Å²) < 4.78 is 13.1. The number of hydrazine groups is 1. The number of amides is 1. The highest BCUT2D eigenvalue weighted by molar-refractivity contribution is 9.10. The number of hydrogen-bond acceptors (Lipinski definition) is 6. The molecule has 1 amide bonds. The Hall–Kier alpha value is -3.11. The van der Waals surface area contributed by atoms with Gasteiger partial charge >= 0.3 is 0 Å². The van der Waals surface area contributed by atoms with Gasteiger partial charge < -0.3 is 14.6 Å². The molecule has 7 nitrogen and oxygen atoms in total. The molecule has 0 aromatic heterocycles. The molecule has 4 aromatic carbocycles. The molecule has 0 saturated carbocycles. The van der Waals surface area contributed by atoms with E-state index in [4.69, 9.17) is 54.4 Å². The van der Waals surface area contributed by atoms with Crippen LogP contribution in [0.5, 0.6) is 5.75 Å². The van der Waals surface area contributed by atoms with Gasteiger partial charge in [0.25, 0.3) is 5.91 Å². The molecule has 11 heteroatoms. The Bertz CT molecular complexity index is 1640. The van der Waals surface area contributed by atoms with Crippen molar-refractivity contribution in [3.05, 3.63) is 133 Å². The van der Waals surface area contributed by atoms with Crippen LogP contribution in [0.1, 0.15) is 34.8 Å². The lowest BCUT2D eigenvalue weighted by atomic mass is 9.82. The molecule has 0 aliphatic carbocycles. The van der Waals surface area contributed by atoms with E-state index < -0.39 is 17.6 Å². The zero-order valence-electron chi connectivity index (χ0n) is 23.4. The van der Waals surface area contributed by atoms with Crippen LogP contribution in [-0.4, -0.2) is 35.7 Å². The molecule has 5 rings (SSSR count). The van der Waals surface area contributed by atoms with E-state index >= 15 is 0 Å². The van der Waals surface area contributed by atoms with Crippen LogP contribution >= 0.6 is 50.7 Å². The van der Waals surface area contributed by atoms with Crippen molar-refractivity contribution in [1.82, 2.24) is 10.9 Å². The number of carbonyl (C=O) groups excluding carboxylic acids is 1. The van der Waals surface area contributed by atoms with Crippen LogP contribution < -0.4 is 15.6 Å². The maximum atomic E-state index is 14.3. The zero-order valence-corrected chi connectivity index (χ0v) is 27.3. The van der Waals surface area contributed by atoms with Crippen LogP contribution in [0.3, 0.4) is 0 Å². The van der Waals surface area contributed by atoms with Crippen molar-refractivity contribution in [2.75, 3.05) is 13.2 Å². The van der Waals surface area contributed by atoms with Gasteiger partial charge in [0.2, 0.25) is 5.90 Å². The van der Waals surface area contributed by atoms with Crippen LogP contribution in [0.15, 0.2) is 100 Å². The molecule has 228 valence electrons. The fraction of sp³-hybridized carbons (Fsp3) is 0.212. The molecule has 1 heterocycles. The first-order valence-electron chi connectivity index (χ1n) is 13.8. The van der Waals surface area contributed by atoms with Gasteiger partial charge in [-0.1, -0.05) is 81.1 Å². The monoisotopic (exact) mass is 715 g/mol. The zero-order chi connectivity index (χ0) is 31.1. The van der Waals surface area contributed by atoms with Crippen LogP contribution in [0, 0.1) is 0 Å². The molecule has 4 aromatic rings. The van der Waals surface area contributed by atoms with E-state index in [2.05, 4.69) is 26.8 Å². The molecule has 0 spiro atoms. The summed E-state index contributed by atoms with van der Waals surface area (Å²) in [6, 6.07) is 27.4. The van der Waals surface area contributed by atoms with Gasteiger partial charge in [-0.3, -0.25) is 10.2 Å². The number of halogens is 4. The van der Waals surface area contributed by atoms with E-state index in [0.29, 0.717) is 51.5 Å². The highest BCUT2D eigenvalue weighted by Crippen LogP contribution is 2.45. The van der Waals surface area contributed by atoms with Gasteiger partial charge in [-0.25, -0.2) is 10.4 Å². The van der Waals surface area contributed by atoms with E-state index in [1.807, 2.05) is 54.6 Å². The Morgan fingerprint density at radius 2 is 1.70 bits per heavy atom. The number of carbonyl (C=O) groups is 1. The van der Waals surface area contributed by atoms with Crippen molar-refractivity contribution < 1.29 is 19.4 Å². The van der Waals surface area contributed by atoms with Crippen LogP contribution in [0.25, 0.3) is 0 Å². The van der Waals surface area contributed by atoms with E-state index in [0.717, 1.165) is 15.6 Å². The van der Waals surface area contributed by atoms with Crippen molar-refractivity contribution in [3.8, 4) is 5.75 Å². The lowest BCUT2D eigenvalue weighted by molar-refractivity contribution is -0.130. The van der Waals surface area contributed by atoms with Gasteiger partial charge in [-0.05, 0) is 71.8 Å². The third-order valence-corrected chi connectivity index (χ3v) is 8.37. The topological polar surface area (TPSA) is 92.2 Å². The Kier molecular flexibility index (Phi) is 10.8. The highest BCUT2D eigenvalue weighted by Gasteiger charge is 2.54. The minimum Gasteiger partial charge on any atom is -0.494 e. The largest absolute Gasteiger partial charge is 0.494 e. The molecule has 1 aliphatic rings. The highest BCUT2D eigenvalue weighted by atomic mass is 79.9. The molecule has 2 atom stereocenters. The average Bonchev–Trinajstić information content (AvgIpc) is 3.39. The fourth-order valence-corrected chi connectivity index (χ4v) is 5.85. The lowest BCUT2D eigenvalue weighted by Gasteiger charge is -2.31. The van der Waals surface area contributed by atoms with Crippen molar-refractivity contribution in [2.24, 2.45) is 4.99 Å². The Labute approximate surface area is 279 Å². The number of rotatable bonds is 12. The normalized spacial score (nSPS) is 17.6. The molecule has 0 radical (unpaired) electrons. The number of aliphatic hydroxyl groups is 1. The lowest BCUT2D eigenvalue weighted by Crippen LogP contribution is -2.53. The van der Waals surface area contributed by atoms with Crippen LogP contribution in [0.4, 0.5) is 0 Å². The first-order chi connectivity index (χ1) is 21.3. The minimum atomic E-state index is -1.46. The second-order valence-electron chi connectivity index (χ2n) is 10.2. The number of nitrogens with zero attached hydrogens (tertiary/aromatic N) is 1. The standard InChI is InChI=1S/C33H29BrCl3N3O4/c34-24-9-5-21(6-10-24)19-33(32(42)40-38-20-22-3-1-4-25(35)17-22)30(28-14-11-26(36)18-29(28)37)44-31(39-33)23-7-12-27(13-8-23)43-16-2-15-41/h1,3-14,17-18,30,38,41H,2,15-16,19-20H2,(H,40,42)/t30-,33-/m0/s1. The second-order valence-corrected chi connectivity index (χ2v) is 12.4. The third kappa shape index (κ3) is 7.75. The smallest absolute Gasteiger partial charge is 0.266 e. The molecule has 0 bridgehead atoms. The molecule has 0 unspecified atom stereocenters. The molecular weight excluding hydrogens is 689 g/mol. The fourth-order valence-electron chi connectivity index (χ4n) is 4.87. The molecule has 3 N–H and O–H groups in total. The second kappa shape index (κ2) is 14.8.